The number of nitrogens with two attached hydrogens (primary N) is 1. The summed E-state index contributed by atoms with van der Waals surface area (Å²) in [6, 6.07) is 0. The van der Waals surface area contributed by atoms with Crippen LogP contribution in [0.3, 0.4) is 0 Å². The fraction of sp³-hybridized carbons (Fsp3) is 0.400. The summed E-state index contributed by atoms with van der Waals surface area (Å²) in [6.07, 6.45) is 1.73. The summed E-state index contributed by atoms with van der Waals surface area (Å²) in [4.78, 5) is 4.12. The Labute approximate surface area is 100.0 Å². The molecule has 0 aliphatic heterocycles. The highest BCUT2D eigenvalue weighted by atomic mass is 35.5. The first kappa shape index (κ1) is 12.6. The van der Waals surface area contributed by atoms with Gasteiger partial charge in [-0.15, -0.1) is 0 Å². The maximum Gasteiger partial charge on any atom is 0.189 e. The minimum atomic E-state index is 0.365. The van der Waals surface area contributed by atoms with Crippen LogP contribution in [0.5, 0.6) is 0 Å². The van der Waals surface area contributed by atoms with Gasteiger partial charge in [-0.3, -0.25) is 4.68 Å². The highest BCUT2D eigenvalue weighted by Gasteiger charge is 2.03. The maximum absolute atomic E-state index is 5.93. The normalized spacial score (nSPS) is 11.6. The molecule has 0 saturated carbocycles. The Kier molecular flexibility index (Phi) is 4.37. The van der Waals surface area contributed by atoms with Crippen molar-refractivity contribution in [3.63, 3.8) is 0 Å². The van der Waals surface area contributed by atoms with Crippen LogP contribution in [0, 0.1) is 0 Å². The number of nitrogens with one attached hydrogen (secondary N) is 1. The first-order valence-electron chi connectivity index (χ1n) is 4.85. The molecule has 0 bridgehead atoms. The predicted molar refractivity (Wildman–Crippen MR) is 66.4 cm³/mol. The van der Waals surface area contributed by atoms with E-state index in [0.29, 0.717) is 29.8 Å². The summed E-state index contributed by atoms with van der Waals surface area (Å²) in [5.41, 5.74) is 7.35. The van der Waals surface area contributed by atoms with Gasteiger partial charge in [-0.1, -0.05) is 23.8 Å². The van der Waals surface area contributed by atoms with Gasteiger partial charge in [-0.25, -0.2) is 4.99 Å². The molecule has 1 aromatic heterocycles. The Hall–Kier alpha value is -1.49. The molecule has 1 aromatic rings. The molecule has 3 N–H and O–H groups in total. The van der Waals surface area contributed by atoms with Crippen molar-refractivity contribution < 1.29 is 0 Å². The van der Waals surface area contributed by atoms with Crippen LogP contribution < -0.4 is 11.1 Å². The molecule has 0 fully saturated rings. The Morgan fingerprint density at radius 3 is 2.94 bits per heavy atom. The van der Waals surface area contributed by atoms with Crippen molar-refractivity contribution in [3.8, 4) is 0 Å². The van der Waals surface area contributed by atoms with Gasteiger partial charge in [0.2, 0.25) is 0 Å². The molecule has 0 spiro atoms. The quantitative estimate of drug-likeness (QED) is 0.471. The highest BCUT2D eigenvalue weighted by molar-refractivity contribution is 6.31. The molecule has 1 rings (SSSR count). The second-order valence-electron chi connectivity index (χ2n) is 3.61. The molecule has 16 heavy (non-hydrogen) atoms. The van der Waals surface area contributed by atoms with E-state index < -0.39 is 0 Å². The van der Waals surface area contributed by atoms with Crippen molar-refractivity contribution in [2.45, 2.75) is 13.5 Å². The lowest BCUT2D eigenvalue weighted by Crippen LogP contribution is -2.32. The summed E-state index contributed by atoms with van der Waals surface area (Å²) in [6.45, 7) is 6.65. The molecule has 88 valence electrons. The van der Waals surface area contributed by atoms with Gasteiger partial charge < -0.3 is 11.1 Å². The minimum absolute atomic E-state index is 0.365. The van der Waals surface area contributed by atoms with Gasteiger partial charge in [0, 0.05) is 19.8 Å². The predicted octanol–water partition coefficient (Wildman–Crippen LogP) is 1.05. The second-order valence-corrected chi connectivity index (χ2v) is 4.02. The fourth-order valence-electron chi connectivity index (χ4n) is 1.07. The van der Waals surface area contributed by atoms with Crippen molar-refractivity contribution in [2.24, 2.45) is 17.8 Å². The first-order valence-corrected chi connectivity index (χ1v) is 5.23. The number of aryl methyl sites for hydroxylation is 1. The average Bonchev–Trinajstić information content (AvgIpc) is 2.51. The van der Waals surface area contributed by atoms with Crippen molar-refractivity contribution >= 4 is 17.6 Å². The Morgan fingerprint density at radius 2 is 2.44 bits per heavy atom. The molecule has 0 atom stereocenters. The van der Waals surface area contributed by atoms with Crippen LogP contribution in [0.15, 0.2) is 23.3 Å². The zero-order valence-corrected chi connectivity index (χ0v) is 10.3. The molecular weight excluding hydrogens is 226 g/mol. The minimum Gasteiger partial charge on any atom is -0.370 e. The summed E-state index contributed by atoms with van der Waals surface area (Å²) >= 11 is 5.93. The number of halogens is 1. The SMILES string of the molecule is C=C(C)CNC(N)=NCc1nn(C)cc1Cl. The maximum atomic E-state index is 5.93. The van der Waals surface area contributed by atoms with E-state index in [4.69, 9.17) is 17.3 Å². The summed E-state index contributed by atoms with van der Waals surface area (Å²) < 4.78 is 1.64. The molecule has 0 radical (unpaired) electrons. The van der Waals surface area contributed by atoms with Crippen LogP contribution in [-0.4, -0.2) is 22.3 Å². The molecule has 0 saturated heterocycles. The summed E-state index contributed by atoms with van der Waals surface area (Å²) in [7, 11) is 1.81. The number of guanidine groups is 1. The van der Waals surface area contributed by atoms with E-state index >= 15 is 0 Å². The fourth-order valence-corrected chi connectivity index (χ4v) is 1.31. The van der Waals surface area contributed by atoms with E-state index in [1.165, 1.54) is 0 Å². The number of rotatable bonds is 4. The van der Waals surface area contributed by atoms with Gasteiger partial charge in [-0.05, 0) is 6.92 Å². The molecule has 6 heteroatoms. The van der Waals surface area contributed by atoms with Gasteiger partial charge >= 0.3 is 0 Å². The zero-order valence-electron chi connectivity index (χ0n) is 9.50. The number of hydrogen-bond acceptors (Lipinski definition) is 2. The van der Waals surface area contributed by atoms with E-state index in [1.807, 2.05) is 14.0 Å². The molecule has 0 unspecified atom stereocenters. The van der Waals surface area contributed by atoms with Crippen molar-refractivity contribution in [3.05, 3.63) is 29.1 Å². The lowest BCUT2D eigenvalue weighted by molar-refractivity contribution is 0.742. The Morgan fingerprint density at radius 1 is 1.75 bits per heavy atom. The van der Waals surface area contributed by atoms with Gasteiger partial charge in [0.15, 0.2) is 5.96 Å². The lowest BCUT2D eigenvalue weighted by Gasteiger charge is -2.03. The van der Waals surface area contributed by atoms with E-state index in [0.717, 1.165) is 5.57 Å². The molecule has 0 aromatic carbocycles. The lowest BCUT2D eigenvalue weighted by atomic mass is 10.3. The van der Waals surface area contributed by atoms with Crippen LogP contribution in [0.25, 0.3) is 0 Å². The summed E-state index contributed by atoms with van der Waals surface area (Å²) in [5, 5.41) is 7.68. The third-order valence-electron chi connectivity index (χ3n) is 1.82. The van der Waals surface area contributed by atoms with Crippen LogP contribution in [0.1, 0.15) is 12.6 Å². The van der Waals surface area contributed by atoms with E-state index in [-0.39, 0.29) is 0 Å². The van der Waals surface area contributed by atoms with Gasteiger partial charge in [0.1, 0.15) is 5.69 Å². The number of aliphatic imine (C=N–C) groups is 1. The second kappa shape index (κ2) is 5.55. The first-order chi connectivity index (χ1) is 7.49. The van der Waals surface area contributed by atoms with Gasteiger partial charge in [0.25, 0.3) is 0 Å². The summed E-state index contributed by atoms with van der Waals surface area (Å²) in [5.74, 6) is 0.365. The third kappa shape index (κ3) is 3.94. The number of hydrogen-bond donors (Lipinski definition) is 2. The molecule has 0 aliphatic rings. The van der Waals surface area contributed by atoms with Gasteiger partial charge in [-0.2, -0.15) is 5.10 Å². The van der Waals surface area contributed by atoms with Crippen LogP contribution in [0.2, 0.25) is 5.02 Å². The van der Waals surface area contributed by atoms with Gasteiger partial charge in [0.05, 0.1) is 11.6 Å². The smallest absolute Gasteiger partial charge is 0.189 e. The third-order valence-corrected chi connectivity index (χ3v) is 2.14. The highest BCUT2D eigenvalue weighted by Crippen LogP contribution is 2.13. The van der Waals surface area contributed by atoms with Crippen molar-refractivity contribution in [1.29, 1.82) is 0 Å². The average molecular weight is 242 g/mol. The number of nitrogens with zero attached hydrogens (tertiary/aromatic N) is 3. The monoisotopic (exact) mass is 241 g/mol. The number of aromatic nitrogens is 2. The van der Waals surface area contributed by atoms with Crippen molar-refractivity contribution in [1.82, 2.24) is 15.1 Å². The topological polar surface area (TPSA) is 68.2 Å². The largest absolute Gasteiger partial charge is 0.370 e. The Balaban J connectivity index is 2.52. The molecule has 0 amide bonds. The zero-order chi connectivity index (χ0) is 12.1. The Bertz CT molecular complexity index is 407. The molecule has 1 heterocycles. The standard InChI is InChI=1S/C10H16ClN5/c1-7(2)4-13-10(12)14-5-9-8(11)6-16(3)15-9/h6H,1,4-5H2,2-3H3,(H3,12,13,14). The van der Waals surface area contributed by atoms with Crippen molar-refractivity contribution in [2.75, 3.05) is 6.54 Å². The van der Waals surface area contributed by atoms with Crippen LogP contribution >= 0.6 is 11.6 Å². The van der Waals surface area contributed by atoms with Crippen LogP contribution in [-0.2, 0) is 13.6 Å². The molecule has 0 aliphatic carbocycles. The van der Waals surface area contributed by atoms with E-state index in [2.05, 4.69) is 22.0 Å². The molecular formula is C10H16ClN5. The van der Waals surface area contributed by atoms with E-state index in [1.54, 1.807) is 10.9 Å². The van der Waals surface area contributed by atoms with Crippen LogP contribution in [0.4, 0.5) is 0 Å². The van der Waals surface area contributed by atoms with E-state index in [9.17, 15) is 0 Å². The molecule has 5 nitrogen and oxygen atoms in total.